The second-order valence-electron chi connectivity index (χ2n) is 15.3. The van der Waals surface area contributed by atoms with E-state index in [1.54, 1.807) is 49.8 Å². The van der Waals surface area contributed by atoms with Crippen LogP contribution in [-0.4, -0.2) is 93.8 Å². The number of nitrogens with zero attached hydrogens (tertiary/aromatic N) is 3. The number of aromatic nitrogens is 2. The molecule has 3 aliphatic rings. The molecule has 1 aromatic heterocycles. The van der Waals surface area contributed by atoms with Gasteiger partial charge in [0, 0.05) is 65.5 Å². The number of ketones is 1. The molecule has 4 atom stereocenters. The largest absolute Gasteiger partial charge is 0.495 e. The van der Waals surface area contributed by atoms with Gasteiger partial charge in [-0.2, -0.15) is 11.8 Å². The van der Waals surface area contributed by atoms with Crippen LogP contribution in [-0.2, 0) is 9.59 Å². The summed E-state index contributed by atoms with van der Waals surface area (Å²) >= 11 is 1.87. The summed E-state index contributed by atoms with van der Waals surface area (Å²) in [6.07, 6.45) is 10.2. The molecule has 14 heteroatoms. The van der Waals surface area contributed by atoms with Gasteiger partial charge in [0.15, 0.2) is 5.78 Å². The molecule has 3 aromatic carbocycles. The molecule has 0 bridgehead atoms. The normalized spacial score (nSPS) is 19.8. The topological polar surface area (TPSA) is 164 Å². The summed E-state index contributed by atoms with van der Waals surface area (Å²) in [5.74, 6) is 1.08. The molecule has 0 spiro atoms. The van der Waals surface area contributed by atoms with Crippen LogP contribution < -0.4 is 26.0 Å². The molecule has 3 aliphatic heterocycles. The molecule has 0 radical (unpaired) electrons. The number of aryl methyl sites for hydroxylation is 1. The molecular weight excluding hydrogens is 767 g/mol. The fraction of sp³-hybridized carbons (Fsp3) is 0.378. The number of rotatable bonds is 16. The van der Waals surface area contributed by atoms with Crippen LogP contribution in [0.1, 0.15) is 94.6 Å². The van der Waals surface area contributed by atoms with Gasteiger partial charge in [0.05, 0.1) is 42.9 Å². The van der Waals surface area contributed by atoms with Gasteiger partial charge in [-0.05, 0) is 81.0 Å². The van der Waals surface area contributed by atoms with Gasteiger partial charge in [-0.15, -0.1) is 0 Å². The van der Waals surface area contributed by atoms with Gasteiger partial charge in [0.1, 0.15) is 5.75 Å². The lowest BCUT2D eigenvalue weighted by Gasteiger charge is -2.34. The van der Waals surface area contributed by atoms with E-state index in [9.17, 15) is 24.0 Å². The Morgan fingerprint density at radius 3 is 2.42 bits per heavy atom. The predicted molar refractivity (Wildman–Crippen MR) is 228 cm³/mol. The highest BCUT2D eigenvalue weighted by molar-refractivity contribution is 8.00. The lowest BCUT2D eigenvalue weighted by atomic mass is 9.96. The first-order chi connectivity index (χ1) is 28.6. The standard InChI is InChI=1S/C45H51N7O6S/c1-28-25-51(27-48-28)37-19-10-30(24-38(37)58-3)23-35-7-6-22-52(44(35)56)29(2)31-11-13-32(14-12-31)42(54)33-15-17-34(18-16-33)43(55)47-21-20-46-40(53)9-5-4-8-39-41-36(26-59-39)49-45(57)50-41/h10-19,23-25,27,29,36,39,41H,4-9,20-22,26H2,1-3H3,(H,46,53)(H,47,55)(H2,49,50,57)/b35-23+/t29-,36-,39-,41-/m0/s1. The minimum Gasteiger partial charge on any atom is -0.495 e. The minimum absolute atomic E-state index is 0.00895. The Hall–Kier alpha value is -5.89. The first-order valence-corrected chi connectivity index (χ1v) is 21.3. The van der Waals surface area contributed by atoms with Crippen LogP contribution in [0.25, 0.3) is 11.8 Å². The molecule has 13 nitrogen and oxygen atoms in total. The third-order valence-corrected chi connectivity index (χ3v) is 12.8. The maximum Gasteiger partial charge on any atom is 0.315 e. The van der Waals surface area contributed by atoms with Crippen molar-refractivity contribution in [1.82, 2.24) is 35.7 Å². The number of carbonyl (C=O) groups is 5. The fourth-order valence-corrected chi connectivity index (χ4v) is 9.51. The number of fused-ring (bicyclic) bond motifs is 1. The second-order valence-corrected chi connectivity index (χ2v) is 16.6. The average Bonchev–Trinajstić information content (AvgIpc) is 3.96. The quantitative estimate of drug-likeness (QED) is 0.0480. The molecule has 3 saturated heterocycles. The van der Waals surface area contributed by atoms with Crippen LogP contribution in [0, 0.1) is 6.92 Å². The first kappa shape index (κ1) is 41.3. The highest BCUT2D eigenvalue weighted by Crippen LogP contribution is 2.34. The summed E-state index contributed by atoms with van der Waals surface area (Å²) in [6.45, 7) is 5.17. The minimum atomic E-state index is -0.291. The average molecular weight is 818 g/mol. The Kier molecular flexibility index (Phi) is 13.1. The van der Waals surface area contributed by atoms with E-state index in [-0.39, 0.29) is 54.2 Å². The predicted octanol–water partition coefficient (Wildman–Crippen LogP) is 5.76. The molecule has 5 amide bonds. The third kappa shape index (κ3) is 9.88. The van der Waals surface area contributed by atoms with Crippen LogP contribution in [0.5, 0.6) is 5.75 Å². The van der Waals surface area contributed by atoms with Crippen molar-refractivity contribution in [2.24, 2.45) is 0 Å². The van der Waals surface area contributed by atoms with Gasteiger partial charge >= 0.3 is 6.03 Å². The van der Waals surface area contributed by atoms with Crippen molar-refractivity contribution < 1.29 is 28.7 Å². The van der Waals surface area contributed by atoms with Crippen molar-refractivity contribution in [3.8, 4) is 11.4 Å². The zero-order valence-electron chi connectivity index (χ0n) is 33.7. The van der Waals surface area contributed by atoms with E-state index in [0.717, 1.165) is 59.5 Å². The summed E-state index contributed by atoms with van der Waals surface area (Å²) in [5, 5.41) is 12.0. The van der Waals surface area contributed by atoms with Gasteiger partial charge in [-0.3, -0.25) is 19.2 Å². The van der Waals surface area contributed by atoms with Crippen molar-refractivity contribution in [3.63, 3.8) is 0 Å². The zero-order valence-corrected chi connectivity index (χ0v) is 34.5. The van der Waals surface area contributed by atoms with E-state index >= 15 is 0 Å². The van der Waals surface area contributed by atoms with E-state index in [4.69, 9.17) is 4.74 Å². The molecule has 7 rings (SSSR count). The van der Waals surface area contributed by atoms with Crippen LogP contribution in [0.3, 0.4) is 0 Å². The number of urea groups is 1. The van der Waals surface area contributed by atoms with Crippen LogP contribution in [0.4, 0.5) is 4.79 Å². The summed E-state index contributed by atoms with van der Waals surface area (Å²) in [4.78, 5) is 69.9. The van der Waals surface area contributed by atoms with Crippen molar-refractivity contribution in [3.05, 3.63) is 118 Å². The third-order valence-electron chi connectivity index (χ3n) is 11.3. The maximum absolute atomic E-state index is 13.7. The number of carbonyl (C=O) groups excluding carboxylic acids is 5. The Labute approximate surface area is 348 Å². The van der Waals surface area contributed by atoms with Crippen LogP contribution in [0.2, 0.25) is 0 Å². The first-order valence-electron chi connectivity index (χ1n) is 20.3. The number of imidazole rings is 1. The number of hydrogen-bond donors (Lipinski definition) is 4. The van der Waals surface area contributed by atoms with Crippen LogP contribution in [0.15, 0.2) is 84.8 Å². The van der Waals surface area contributed by atoms with Crippen LogP contribution >= 0.6 is 11.8 Å². The molecule has 4 N–H and O–H groups in total. The summed E-state index contributed by atoms with van der Waals surface area (Å²) in [5.41, 5.74) is 5.70. The molecule has 59 heavy (non-hydrogen) atoms. The fourth-order valence-electron chi connectivity index (χ4n) is 7.96. The number of hydrogen-bond acceptors (Lipinski definition) is 8. The summed E-state index contributed by atoms with van der Waals surface area (Å²) in [7, 11) is 1.63. The Morgan fingerprint density at radius 1 is 0.966 bits per heavy atom. The number of piperidine rings is 1. The molecule has 3 fully saturated rings. The number of nitrogens with one attached hydrogen (secondary N) is 4. The summed E-state index contributed by atoms with van der Waals surface area (Å²) in [6, 6.07) is 19.8. The maximum atomic E-state index is 13.7. The lowest BCUT2D eigenvalue weighted by Crippen LogP contribution is -2.38. The molecule has 4 aromatic rings. The van der Waals surface area contributed by atoms with Crippen molar-refractivity contribution in [1.29, 1.82) is 0 Å². The molecular formula is C45H51N7O6S. The molecule has 0 saturated carbocycles. The van der Waals surface area contributed by atoms with Crippen molar-refractivity contribution in [2.45, 2.75) is 75.7 Å². The number of likely N-dealkylation sites (tertiary alicyclic amines) is 1. The summed E-state index contributed by atoms with van der Waals surface area (Å²) < 4.78 is 7.59. The molecule has 4 heterocycles. The smallest absolute Gasteiger partial charge is 0.315 e. The second kappa shape index (κ2) is 18.8. The van der Waals surface area contributed by atoms with E-state index < -0.39 is 0 Å². The number of benzene rings is 3. The molecule has 308 valence electrons. The Balaban J connectivity index is 0.851. The van der Waals surface area contributed by atoms with E-state index in [1.807, 2.05) is 77.7 Å². The molecule has 0 unspecified atom stereocenters. The Morgan fingerprint density at radius 2 is 1.69 bits per heavy atom. The van der Waals surface area contributed by atoms with Crippen molar-refractivity contribution in [2.75, 3.05) is 32.5 Å². The van der Waals surface area contributed by atoms with Gasteiger partial charge in [0.25, 0.3) is 5.91 Å². The zero-order chi connectivity index (χ0) is 41.5. The highest BCUT2D eigenvalue weighted by Gasteiger charge is 2.42. The van der Waals surface area contributed by atoms with Gasteiger partial charge in [-0.25, -0.2) is 9.78 Å². The van der Waals surface area contributed by atoms with E-state index in [1.165, 1.54) is 0 Å². The number of ether oxygens (including phenoxy) is 1. The van der Waals surface area contributed by atoms with E-state index in [2.05, 4.69) is 26.3 Å². The van der Waals surface area contributed by atoms with E-state index in [0.29, 0.717) is 53.6 Å². The van der Waals surface area contributed by atoms with Gasteiger partial charge in [0.2, 0.25) is 11.8 Å². The monoisotopic (exact) mass is 817 g/mol. The van der Waals surface area contributed by atoms with Gasteiger partial charge < -0.3 is 35.5 Å². The van der Waals surface area contributed by atoms with Crippen molar-refractivity contribution >= 4 is 47.4 Å². The van der Waals surface area contributed by atoms with Gasteiger partial charge in [-0.1, -0.05) is 48.9 Å². The highest BCUT2D eigenvalue weighted by atomic mass is 32.2. The number of amides is 5. The lowest BCUT2D eigenvalue weighted by molar-refractivity contribution is -0.130. The number of methoxy groups -OCH3 is 1. The number of unbranched alkanes of at least 4 members (excludes halogenated alkanes) is 1. The molecule has 0 aliphatic carbocycles. The number of thioether (sulfide) groups is 1. The Bertz CT molecular complexity index is 2220. The SMILES string of the molecule is COc1cc(/C=C2\CCCN([C@@H](C)c3ccc(C(=O)c4ccc(C(=O)NCCNC(=O)CCCC[C@@H]5SC[C@@H]6NC(=O)N[C@@H]65)cc4)cc3)C2=O)ccc1-n1cnc(C)c1.